The summed E-state index contributed by atoms with van der Waals surface area (Å²) in [5, 5.41) is 0. The maximum atomic E-state index is 6.21. The summed E-state index contributed by atoms with van der Waals surface area (Å²) in [6.45, 7) is 4.64. The lowest BCUT2D eigenvalue weighted by Crippen LogP contribution is -2.36. The summed E-state index contributed by atoms with van der Waals surface area (Å²) >= 11 is 0. The molecule has 0 aliphatic heterocycles. The van der Waals surface area contributed by atoms with Crippen molar-refractivity contribution in [3.8, 4) is 0 Å². The van der Waals surface area contributed by atoms with Crippen molar-refractivity contribution in [2.24, 2.45) is 29.4 Å². The van der Waals surface area contributed by atoms with Crippen LogP contribution < -0.4 is 5.73 Å². The second-order valence-corrected chi connectivity index (χ2v) is 5.20. The Kier molecular flexibility index (Phi) is 2.16. The molecule has 2 aliphatic carbocycles. The lowest BCUT2D eigenvalue weighted by Gasteiger charge is -2.29. The minimum Gasteiger partial charge on any atom is -0.327 e. The molecular formula is C11H21N. The summed E-state index contributed by atoms with van der Waals surface area (Å²) in [4.78, 5) is 0. The van der Waals surface area contributed by atoms with E-state index >= 15 is 0 Å². The number of hydrogen-bond donors (Lipinski definition) is 1. The van der Waals surface area contributed by atoms with Crippen molar-refractivity contribution >= 4 is 0 Å². The summed E-state index contributed by atoms with van der Waals surface area (Å²) in [6.07, 6.45) is 5.69. The van der Waals surface area contributed by atoms with Crippen LogP contribution in [-0.2, 0) is 0 Å². The van der Waals surface area contributed by atoms with Crippen LogP contribution in [0.1, 0.15) is 39.5 Å². The standard InChI is InChI=1S/C11H21N/c1-7(2)5-10-8-3-4-9(6-8)11(10)12/h7-11H,3-6,12H2,1-2H3/t8-,9+,10-,11-/m1/s1. The molecule has 0 aromatic rings. The lowest BCUT2D eigenvalue weighted by molar-refractivity contribution is 0.248. The molecule has 0 unspecified atom stereocenters. The predicted octanol–water partition coefficient (Wildman–Crippen LogP) is 2.41. The molecule has 2 bridgehead atoms. The van der Waals surface area contributed by atoms with Crippen molar-refractivity contribution in [2.45, 2.75) is 45.6 Å². The van der Waals surface area contributed by atoms with Gasteiger partial charge in [-0.05, 0) is 49.4 Å². The smallest absolute Gasteiger partial charge is 0.00984 e. The van der Waals surface area contributed by atoms with Crippen LogP contribution >= 0.6 is 0 Å². The third-order valence-corrected chi connectivity index (χ3v) is 3.90. The van der Waals surface area contributed by atoms with Crippen LogP contribution in [0.3, 0.4) is 0 Å². The van der Waals surface area contributed by atoms with E-state index in [1.54, 1.807) is 0 Å². The zero-order valence-corrected chi connectivity index (χ0v) is 8.29. The zero-order chi connectivity index (χ0) is 8.72. The van der Waals surface area contributed by atoms with E-state index in [1.807, 2.05) is 0 Å². The van der Waals surface area contributed by atoms with Crippen LogP contribution in [-0.4, -0.2) is 6.04 Å². The van der Waals surface area contributed by atoms with Crippen molar-refractivity contribution in [3.63, 3.8) is 0 Å². The van der Waals surface area contributed by atoms with E-state index in [2.05, 4.69) is 13.8 Å². The molecule has 0 radical (unpaired) electrons. The highest BCUT2D eigenvalue weighted by Gasteiger charge is 2.45. The van der Waals surface area contributed by atoms with Gasteiger partial charge in [0.05, 0.1) is 0 Å². The van der Waals surface area contributed by atoms with E-state index in [-0.39, 0.29) is 0 Å². The largest absolute Gasteiger partial charge is 0.327 e. The Labute approximate surface area is 75.7 Å². The fraction of sp³-hybridized carbons (Fsp3) is 1.00. The first-order chi connectivity index (χ1) is 5.68. The van der Waals surface area contributed by atoms with Gasteiger partial charge < -0.3 is 5.73 Å². The van der Waals surface area contributed by atoms with Crippen LogP contribution in [0.15, 0.2) is 0 Å². The molecule has 2 fully saturated rings. The van der Waals surface area contributed by atoms with E-state index in [1.165, 1.54) is 25.7 Å². The van der Waals surface area contributed by atoms with Crippen LogP contribution in [0, 0.1) is 23.7 Å². The molecule has 1 heteroatoms. The molecule has 2 rings (SSSR count). The monoisotopic (exact) mass is 167 g/mol. The molecule has 12 heavy (non-hydrogen) atoms. The van der Waals surface area contributed by atoms with Gasteiger partial charge >= 0.3 is 0 Å². The third-order valence-electron chi connectivity index (χ3n) is 3.90. The summed E-state index contributed by atoms with van der Waals surface area (Å²) in [6, 6.07) is 0.547. The van der Waals surface area contributed by atoms with Gasteiger partial charge in [-0.25, -0.2) is 0 Å². The van der Waals surface area contributed by atoms with Gasteiger partial charge in [-0.2, -0.15) is 0 Å². The molecule has 2 N–H and O–H groups in total. The molecule has 0 aromatic heterocycles. The Balaban J connectivity index is 1.98. The summed E-state index contributed by atoms with van der Waals surface area (Å²) in [7, 11) is 0. The highest BCUT2D eigenvalue weighted by Crippen LogP contribution is 2.49. The Bertz CT molecular complexity index is 162. The van der Waals surface area contributed by atoms with Gasteiger partial charge in [0.2, 0.25) is 0 Å². The molecule has 1 nitrogen and oxygen atoms in total. The van der Waals surface area contributed by atoms with Gasteiger partial charge in [-0.3, -0.25) is 0 Å². The fourth-order valence-electron chi connectivity index (χ4n) is 3.35. The highest BCUT2D eigenvalue weighted by molar-refractivity contribution is 4.98. The normalized spacial score (nSPS) is 46.0. The average Bonchev–Trinajstić information content (AvgIpc) is 2.53. The maximum Gasteiger partial charge on any atom is 0.00984 e. The topological polar surface area (TPSA) is 26.0 Å². The van der Waals surface area contributed by atoms with Crippen LogP contribution in [0.2, 0.25) is 0 Å². The van der Waals surface area contributed by atoms with E-state index in [9.17, 15) is 0 Å². The first-order valence-corrected chi connectivity index (χ1v) is 5.44. The van der Waals surface area contributed by atoms with E-state index in [0.29, 0.717) is 6.04 Å². The van der Waals surface area contributed by atoms with Crippen LogP contribution in [0.5, 0.6) is 0 Å². The van der Waals surface area contributed by atoms with Crippen molar-refractivity contribution in [3.05, 3.63) is 0 Å². The van der Waals surface area contributed by atoms with E-state index < -0.39 is 0 Å². The molecule has 2 aliphatic rings. The number of nitrogens with two attached hydrogens (primary N) is 1. The summed E-state index contributed by atoms with van der Waals surface area (Å²) in [5.41, 5.74) is 6.21. The third kappa shape index (κ3) is 1.28. The van der Waals surface area contributed by atoms with Crippen molar-refractivity contribution < 1.29 is 0 Å². The van der Waals surface area contributed by atoms with Gasteiger partial charge in [0.15, 0.2) is 0 Å². The molecule has 0 saturated heterocycles. The second kappa shape index (κ2) is 3.02. The quantitative estimate of drug-likeness (QED) is 0.671. The van der Waals surface area contributed by atoms with Gasteiger partial charge in [0, 0.05) is 6.04 Å². The SMILES string of the molecule is CC(C)C[C@@H]1[C@@H]2CC[C@@H](C2)[C@H]1N. The molecule has 4 atom stereocenters. The van der Waals surface area contributed by atoms with Gasteiger partial charge in [0.1, 0.15) is 0 Å². The van der Waals surface area contributed by atoms with E-state index in [0.717, 1.165) is 23.7 Å². The summed E-state index contributed by atoms with van der Waals surface area (Å²) < 4.78 is 0. The zero-order valence-electron chi connectivity index (χ0n) is 8.29. The second-order valence-electron chi connectivity index (χ2n) is 5.20. The lowest BCUT2D eigenvalue weighted by atomic mass is 9.80. The summed E-state index contributed by atoms with van der Waals surface area (Å²) in [5.74, 6) is 3.58. The Hall–Kier alpha value is -0.0400. The molecule has 70 valence electrons. The van der Waals surface area contributed by atoms with Crippen molar-refractivity contribution in [1.29, 1.82) is 0 Å². The van der Waals surface area contributed by atoms with Gasteiger partial charge in [0.25, 0.3) is 0 Å². The molecule has 2 saturated carbocycles. The Morgan fingerprint density at radius 3 is 2.42 bits per heavy atom. The van der Waals surface area contributed by atoms with Crippen molar-refractivity contribution in [1.82, 2.24) is 0 Å². The number of hydrogen-bond acceptors (Lipinski definition) is 1. The average molecular weight is 167 g/mol. The fourth-order valence-corrected chi connectivity index (χ4v) is 3.35. The Morgan fingerprint density at radius 2 is 1.92 bits per heavy atom. The van der Waals surface area contributed by atoms with Crippen LogP contribution in [0.4, 0.5) is 0 Å². The molecule has 0 amide bonds. The van der Waals surface area contributed by atoms with Crippen LogP contribution in [0.25, 0.3) is 0 Å². The number of rotatable bonds is 2. The maximum absolute atomic E-state index is 6.21. The van der Waals surface area contributed by atoms with E-state index in [4.69, 9.17) is 5.73 Å². The molecule has 0 spiro atoms. The molecule has 0 heterocycles. The molecule has 0 aromatic carbocycles. The number of fused-ring (bicyclic) bond motifs is 2. The van der Waals surface area contributed by atoms with Gasteiger partial charge in [-0.1, -0.05) is 13.8 Å². The first-order valence-electron chi connectivity index (χ1n) is 5.44. The first kappa shape index (κ1) is 8.55. The Morgan fingerprint density at radius 1 is 1.25 bits per heavy atom. The van der Waals surface area contributed by atoms with Crippen molar-refractivity contribution in [2.75, 3.05) is 0 Å². The minimum atomic E-state index is 0.547. The minimum absolute atomic E-state index is 0.547. The predicted molar refractivity (Wildman–Crippen MR) is 51.8 cm³/mol. The molecular weight excluding hydrogens is 146 g/mol. The highest BCUT2D eigenvalue weighted by atomic mass is 14.7. The van der Waals surface area contributed by atoms with Gasteiger partial charge in [-0.15, -0.1) is 0 Å².